The zero-order valence-electron chi connectivity index (χ0n) is 11.4. The second kappa shape index (κ2) is 5.04. The van der Waals surface area contributed by atoms with Crippen LogP contribution in [0.25, 0.3) is 21.3 Å². The van der Waals surface area contributed by atoms with Crippen molar-refractivity contribution in [2.45, 2.75) is 13.3 Å². The highest BCUT2D eigenvalue weighted by Gasteiger charge is 2.12. The summed E-state index contributed by atoms with van der Waals surface area (Å²) in [6.07, 6.45) is -2.48. The summed E-state index contributed by atoms with van der Waals surface area (Å²) in [7, 11) is 1.66. The van der Waals surface area contributed by atoms with Crippen LogP contribution in [0.15, 0.2) is 34.4 Å². The molecule has 0 amide bonds. The fourth-order valence-corrected chi connectivity index (χ4v) is 3.05. The molecule has 0 spiro atoms. The average molecular weight is 306 g/mol. The Balaban J connectivity index is 2.18. The quantitative estimate of drug-likeness (QED) is 0.719. The molecule has 3 rings (SSSR count). The lowest BCUT2D eigenvalue weighted by atomic mass is 10.1. The molecule has 6 heteroatoms. The summed E-state index contributed by atoms with van der Waals surface area (Å²) < 4.78 is 26.8. The maximum absolute atomic E-state index is 12.7. The molecule has 0 radical (unpaired) electrons. The van der Waals surface area contributed by atoms with Gasteiger partial charge in [-0.3, -0.25) is 9.36 Å². The summed E-state index contributed by atoms with van der Waals surface area (Å²) in [6.45, 7) is 1.77. The summed E-state index contributed by atoms with van der Waals surface area (Å²) in [5.41, 5.74) is 1.24. The number of halogens is 2. The number of hydrogen-bond acceptors (Lipinski definition) is 3. The molecule has 108 valence electrons. The van der Waals surface area contributed by atoms with Gasteiger partial charge in [-0.05, 0) is 30.7 Å². The Kier molecular flexibility index (Phi) is 3.33. The van der Waals surface area contributed by atoms with Crippen LogP contribution in [0.2, 0.25) is 0 Å². The minimum absolute atomic E-state index is 0.00466. The van der Waals surface area contributed by atoms with E-state index in [4.69, 9.17) is 0 Å². The number of aryl methyl sites for hydroxylation is 1. The molecule has 2 heterocycles. The van der Waals surface area contributed by atoms with E-state index in [-0.39, 0.29) is 11.1 Å². The van der Waals surface area contributed by atoms with Crippen LogP contribution in [-0.2, 0) is 7.05 Å². The van der Waals surface area contributed by atoms with Crippen LogP contribution in [0.1, 0.15) is 17.8 Å². The molecular formula is C15H12F2N2OS. The maximum Gasteiger partial charge on any atom is 0.264 e. The smallest absolute Gasteiger partial charge is 0.264 e. The molecule has 3 aromatic rings. The molecule has 0 bridgehead atoms. The Morgan fingerprint density at radius 1 is 1.29 bits per heavy atom. The number of benzene rings is 1. The second-order valence-electron chi connectivity index (χ2n) is 4.80. The van der Waals surface area contributed by atoms with Crippen molar-refractivity contribution in [1.82, 2.24) is 9.55 Å². The Hall–Kier alpha value is -2.08. The van der Waals surface area contributed by atoms with Gasteiger partial charge in [-0.2, -0.15) is 0 Å². The molecule has 3 nitrogen and oxygen atoms in total. The second-order valence-corrected chi connectivity index (χ2v) is 5.71. The predicted octanol–water partition coefficient (Wildman–Crippen LogP) is 3.91. The minimum atomic E-state index is -2.48. The fraction of sp³-hybridized carbons (Fsp3) is 0.200. The predicted molar refractivity (Wildman–Crippen MR) is 80.0 cm³/mol. The van der Waals surface area contributed by atoms with Crippen LogP contribution >= 0.6 is 11.3 Å². The topological polar surface area (TPSA) is 34.9 Å². The first-order valence-electron chi connectivity index (χ1n) is 6.31. The third-order valence-electron chi connectivity index (χ3n) is 3.46. The molecule has 0 unspecified atom stereocenters. The molecule has 0 aliphatic rings. The highest BCUT2D eigenvalue weighted by atomic mass is 32.1. The fourth-order valence-electron chi connectivity index (χ4n) is 2.15. The SMILES string of the molecule is Cc1nc2ccc(-c3cc(C(F)F)cs3)cc2c(=O)n1C. The van der Waals surface area contributed by atoms with Gasteiger partial charge in [0.05, 0.1) is 10.9 Å². The van der Waals surface area contributed by atoms with E-state index in [0.29, 0.717) is 16.7 Å². The van der Waals surface area contributed by atoms with Crippen LogP contribution < -0.4 is 5.56 Å². The first-order chi connectivity index (χ1) is 9.97. The van der Waals surface area contributed by atoms with Gasteiger partial charge >= 0.3 is 0 Å². The lowest BCUT2D eigenvalue weighted by Gasteiger charge is -2.06. The highest BCUT2D eigenvalue weighted by Crippen LogP contribution is 2.32. The molecule has 0 saturated carbocycles. The van der Waals surface area contributed by atoms with Crippen molar-refractivity contribution >= 4 is 22.2 Å². The number of nitrogens with zero attached hydrogens (tertiary/aromatic N) is 2. The van der Waals surface area contributed by atoms with Gasteiger partial charge in [0.15, 0.2) is 0 Å². The Morgan fingerprint density at radius 2 is 2.05 bits per heavy atom. The summed E-state index contributed by atoms with van der Waals surface area (Å²) >= 11 is 1.24. The van der Waals surface area contributed by atoms with Crippen molar-refractivity contribution in [2.75, 3.05) is 0 Å². The lowest BCUT2D eigenvalue weighted by Crippen LogP contribution is -2.20. The summed E-state index contributed by atoms with van der Waals surface area (Å²) in [4.78, 5) is 17.3. The first-order valence-corrected chi connectivity index (χ1v) is 7.19. The molecule has 0 saturated heterocycles. The van der Waals surface area contributed by atoms with Crippen molar-refractivity contribution < 1.29 is 8.78 Å². The van der Waals surface area contributed by atoms with Gasteiger partial charge in [-0.1, -0.05) is 6.07 Å². The van der Waals surface area contributed by atoms with Gasteiger partial charge in [-0.15, -0.1) is 11.3 Å². The Bertz CT molecular complexity index is 883. The van der Waals surface area contributed by atoms with Crippen molar-refractivity contribution in [2.24, 2.45) is 7.05 Å². The van der Waals surface area contributed by atoms with Crippen LogP contribution in [0, 0.1) is 6.92 Å². The van der Waals surface area contributed by atoms with E-state index >= 15 is 0 Å². The maximum atomic E-state index is 12.7. The zero-order chi connectivity index (χ0) is 15.1. The van der Waals surface area contributed by atoms with Gasteiger partial charge in [0.2, 0.25) is 0 Å². The summed E-state index contributed by atoms with van der Waals surface area (Å²) in [6, 6.07) is 6.73. The van der Waals surface area contributed by atoms with Gasteiger partial charge in [0, 0.05) is 22.9 Å². The van der Waals surface area contributed by atoms with Gasteiger partial charge in [0.25, 0.3) is 12.0 Å². The van der Waals surface area contributed by atoms with Gasteiger partial charge in [0.1, 0.15) is 5.82 Å². The monoisotopic (exact) mass is 306 g/mol. The molecular weight excluding hydrogens is 294 g/mol. The van der Waals surface area contributed by atoms with E-state index in [1.165, 1.54) is 27.4 Å². The number of alkyl halides is 2. The van der Waals surface area contributed by atoms with Gasteiger partial charge < -0.3 is 0 Å². The molecule has 1 aromatic carbocycles. The third kappa shape index (κ3) is 2.35. The van der Waals surface area contributed by atoms with E-state index < -0.39 is 6.43 Å². The van der Waals surface area contributed by atoms with Crippen molar-refractivity contribution in [1.29, 1.82) is 0 Å². The van der Waals surface area contributed by atoms with E-state index in [1.54, 1.807) is 32.2 Å². The van der Waals surface area contributed by atoms with Crippen molar-refractivity contribution in [3.63, 3.8) is 0 Å². The molecule has 21 heavy (non-hydrogen) atoms. The molecule has 0 aliphatic carbocycles. The largest absolute Gasteiger partial charge is 0.299 e. The molecule has 2 aromatic heterocycles. The number of aromatic nitrogens is 2. The van der Waals surface area contributed by atoms with Crippen molar-refractivity contribution in [3.05, 3.63) is 51.4 Å². The third-order valence-corrected chi connectivity index (χ3v) is 4.45. The van der Waals surface area contributed by atoms with E-state index in [9.17, 15) is 13.6 Å². The number of rotatable bonds is 2. The standard InChI is InChI=1S/C15H12F2N2OS/c1-8-18-12-4-3-9(5-11(12)15(20)19(8)2)13-6-10(7-21-13)14(16)17/h3-7,14H,1-2H3. The number of fused-ring (bicyclic) bond motifs is 1. The Morgan fingerprint density at radius 3 is 2.71 bits per heavy atom. The normalized spacial score (nSPS) is 11.5. The van der Waals surface area contributed by atoms with Crippen LogP contribution in [0.4, 0.5) is 8.78 Å². The zero-order valence-corrected chi connectivity index (χ0v) is 12.2. The van der Waals surface area contributed by atoms with E-state index in [0.717, 1.165) is 10.4 Å². The summed E-state index contributed by atoms with van der Waals surface area (Å²) in [5, 5.41) is 1.93. The van der Waals surface area contributed by atoms with Crippen LogP contribution in [-0.4, -0.2) is 9.55 Å². The average Bonchev–Trinajstić information content (AvgIpc) is 2.95. The van der Waals surface area contributed by atoms with E-state index in [1.807, 2.05) is 0 Å². The van der Waals surface area contributed by atoms with Crippen molar-refractivity contribution in [3.8, 4) is 10.4 Å². The number of hydrogen-bond donors (Lipinski definition) is 0. The highest BCUT2D eigenvalue weighted by molar-refractivity contribution is 7.13. The van der Waals surface area contributed by atoms with Crippen LogP contribution in [0.3, 0.4) is 0 Å². The van der Waals surface area contributed by atoms with E-state index in [2.05, 4.69) is 4.98 Å². The van der Waals surface area contributed by atoms with Crippen LogP contribution in [0.5, 0.6) is 0 Å². The molecule has 0 fully saturated rings. The van der Waals surface area contributed by atoms with Gasteiger partial charge in [-0.25, -0.2) is 13.8 Å². The molecule has 0 aliphatic heterocycles. The lowest BCUT2D eigenvalue weighted by molar-refractivity contribution is 0.152. The Labute approximate surface area is 123 Å². The minimum Gasteiger partial charge on any atom is -0.299 e. The molecule has 0 atom stereocenters. The first kappa shape index (κ1) is 13.9. The number of thiophene rings is 1. The molecule has 0 N–H and O–H groups in total. The summed E-state index contributed by atoms with van der Waals surface area (Å²) in [5.74, 6) is 0.636.